The highest BCUT2D eigenvalue weighted by atomic mass is 16.5. The first kappa shape index (κ1) is 21.8. The first-order valence-electron chi connectivity index (χ1n) is 12.2. The Morgan fingerprint density at radius 2 is 2.03 bits per heavy atom. The Kier molecular flexibility index (Phi) is 5.98. The average molecular weight is 443 g/mol. The molecule has 1 fully saturated rings. The second-order valence-electron chi connectivity index (χ2n) is 9.61. The Hall–Kier alpha value is -3.05. The molecule has 0 aliphatic carbocycles. The van der Waals surface area contributed by atoms with Crippen molar-refractivity contribution in [3.05, 3.63) is 76.1 Å². The summed E-state index contributed by atoms with van der Waals surface area (Å²) < 4.78 is 6.19. The molecule has 0 saturated carbocycles. The van der Waals surface area contributed by atoms with E-state index in [0.29, 0.717) is 6.04 Å². The van der Waals surface area contributed by atoms with E-state index in [0.717, 1.165) is 59.2 Å². The van der Waals surface area contributed by atoms with Crippen LogP contribution in [0.25, 0.3) is 17.0 Å². The zero-order chi connectivity index (χ0) is 22.9. The highest BCUT2D eigenvalue weighted by Gasteiger charge is 2.24. The van der Waals surface area contributed by atoms with Crippen LogP contribution in [0.5, 0.6) is 0 Å². The SMILES string of the molecule is Cc1cc(C)c(/C=C2\N=C(c3[nH]c4ccccc4c3CCC3CCCN3)C=C2OC(C)C)[nH]1. The molecule has 2 aromatic heterocycles. The van der Waals surface area contributed by atoms with Crippen molar-refractivity contribution in [2.24, 2.45) is 4.99 Å². The standard InChI is InChI=1S/C28H34N4O/c1-17(2)33-27-16-26(31-25(27)15-24-18(3)14-19(4)30-24)28-22(12-11-20-8-7-13-29-20)21-9-5-6-10-23(21)32-28/h5-6,9-10,14-17,20,29-30,32H,7-8,11-13H2,1-4H3/b25-15-. The van der Waals surface area contributed by atoms with Gasteiger partial charge in [-0.3, -0.25) is 0 Å². The zero-order valence-electron chi connectivity index (χ0n) is 20.1. The van der Waals surface area contributed by atoms with E-state index < -0.39 is 0 Å². The van der Waals surface area contributed by atoms with E-state index in [-0.39, 0.29) is 6.10 Å². The predicted molar refractivity (Wildman–Crippen MR) is 137 cm³/mol. The molecule has 2 aliphatic rings. The van der Waals surface area contributed by atoms with Gasteiger partial charge in [0, 0.05) is 34.4 Å². The van der Waals surface area contributed by atoms with Crippen LogP contribution >= 0.6 is 0 Å². The number of ether oxygens (including phenoxy) is 1. The Labute approximate surface area is 196 Å². The summed E-state index contributed by atoms with van der Waals surface area (Å²) in [5, 5.41) is 4.93. The van der Waals surface area contributed by atoms with Gasteiger partial charge in [0.15, 0.2) is 0 Å². The molecule has 3 aromatic rings. The molecule has 0 radical (unpaired) electrons. The third-order valence-electron chi connectivity index (χ3n) is 6.57. The number of aryl methyl sites for hydroxylation is 3. The van der Waals surface area contributed by atoms with Crippen LogP contribution in [0.1, 0.15) is 61.3 Å². The largest absolute Gasteiger partial charge is 0.489 e. The highest BCUT2D eigenvalue weighted by molar-refractivity contribution is 6.14. The maximum Gasteiger partial charge on any atom is 0.147 e. The van der Waals surface area contributed by atoms with Gasteiger partial charge in [-0.25, -0.2) is 4.99 Å². The maximum absolute atomic E-state index is 6.19. The lowest BCUT2D eigenvalue weighted by Crippen LogP contribution is -2.21. The van der Waals surface area contributed by atoms with Gasteiger partial charge in [-0.15, -0.1) is 0 Å². The molecule has 1 aromatic carbocycles. The van der Waals surface area contributed by atoms with E-state index in [2.05, 4.69) is 85.5 Å². The minimum Gasteiger partial charge on any atom is -0.489 e. The molecule has 5 rings (SSSR count). The molecule has 1 unspecified atom stereocenters. The molecule has 0 bridgehead atoms. The van der Waals surface area contributed by atoms with Gasteiger partial charge < -0.3 is 20.0 Å². The van der Waals surface area contributed by atoms with E-state index in [1.54, 1.807) is 0 Å². The van der Waals surface area contributed by atoms with Gasteiger partial charge in [-0.1, -0.05) is 18.2 Å². The molecule has 0 spiro atoms. The Balaban J connectivity index is 1.55. The van der Waals surface area contributed by atoms with Gasteiger partial charge in [0.1, 0.15) is 11.5 Å². The first-order valence-corrected chi connectivity index (χ1v) is 12.2. The summed E-state index contributed by atoms with van der Waals surface area (Å²) in [6.45, 7) is 9.46. The number of hydrogen-bond acceptors (Lipinski definition) is 3. The molecule has 3 N–H and O–H groups in total. The average Bonchev–Trinajstić information content (AvgIpc) is 3.54. The molecule has 1 saturated heterocycles. The van der Waals surface area contributed by atoms with E-state index >= 15 is 0 Å². The number of rotatable bonds is 7. The van der Waals surface area contributed by atoms with Crippen LogP contribution in [0.2, 0.25) is 0 Å². The summed E-state index contributed by atoms with van der Waals surface area (Å²) in [4.78, 5) is 12.2. The lowest BCUT2D eigenvalue weighted by atomic mass is 9.99. The van der Waals surface area contributed by atoms with E-state index in [1.165, 1.54) is 29.4 Å². The normalized spacial score (nSPS) is 19.7. The second-order valence-corrected chi connectivity index (χ2v) is 9.61. The third-order valence-corrected chi connectivity index (χ3v) is 6.57. The van der Waals surface area contributed by atoms with Crippen molar-refractivity contribution in [1.29, 1.82) is 0 Å². The topological polar surface area (TPSA) is 65.2 Å². The lowest BCUT2D eigenvalue weighted by molar-refractivity contribution is 0.155. The van der Waals surface area contributed by atoms with Crippen molar-refractivity contribution in [2.45, 2.75) is 65.5 Å². The third kappa shape index (κ3) is 4.55. The number of allylic oxidation sites excluding steroid dienone is 1. The van der Waals surface area contributed by atoms with E-state index in [9.17, 15) is 0 Å². The summed E-state index contributed by atoms with van der Waals surface area (Å²) in [5.41, 5.74) is 8.88. The van der Waals surface area contributed by atoms with Crippen LogP contribution in [0.4, 0.5) is 0 Å². The van der Waals surface area contributed by atoms with Gasteiger partial charge >= 0.3 is 0 Å². The number of nitrogens with zero attached hydrogens (tertiary/aromatic N) is 1. The fourth-order valence-electron chi connectivity index (χ4n) is 5.03. The molecule has 2 aliphatic heterocycles. The van der Waals surface area contributed by atoms with E-state index in [1.807, 2.05) is 0 Å². The van der Waals surface area contributed by atoms with Gasteiger partial charge in [0.2, 0.25) is 0 Å². The predicted octanol–water partition coefficient (Wildman–Crippen LogP) is 5.95. The first-order chi connectivity index (χ1) is 16.0. The molecule has 5 nitrogen and oxygen atoms in total. The Bertz CT molecular complexity index is 1250. The van der Waals surface area contributed by atoms with Crippen molar-refractivity contribution < 1.29 is 4.74 Å². The summed E-state index contributed by atoms with van der Waals surface area (Å²) >= 11 is 0. The van der Waals surface area contributed by atoms with Crippen molar-refractivity contribution in [2.75, 3.05) is 6.54 Å². The number of fused-ring (bicyclic) bond motifs is 1. The summed E-state index contributed by atoms with van der Waals surface area (Å²) in [6.07, 6.45) is 9.00. The zero-order valence-corrected chi connectivity index (χ0v) is 20.1. The fraction of sp³-hybridized carbons (Fsp3) is 0.393. The summed E-state index contributed by atoms with van der Waals surface area (Å²) in [6, 6.07) is 11.4. The van der Waals surface area contributed by atoms with Crippen LogP contribution in [0.3, 0.4) is 0 Å². The number of benzene rings is 1. The Morgan fingerprint density at radius 1 is 1.18 bits per heavy atom. The maximum atomic E-state index is 6.19. The van der Waals surface area contributed by atoms with Gasteiger partial charge in [0.05, 0.1) is 17.5 Å². The number of H-pyrrole nitrogens is 2. The number of aliphatic imine (C=N–C) groups is 1. The van der Waals surface area contributed by atoms with Gasteiger partial charge in [-0.2, -0.15) is 0 Å². The molecule has 172 valence electrons. The smallest absolute Gasteiger partial charge is 0.147 e. The summed E-state index contributed by atoms with van der Waals surface area (Å²) in [5.74, 6) is 0.828. The number of hydrogen-bond donors (Lipinski definition) is 3. The number of aromatic amines is 2. The van der Waals surface area contributed by atoms with Crippen molar-refractivity contribution in [3.8, 4) is 0 Å². The van der Waals surface area contributed by atoms with E-state index in [4.69, 9.17) is 9.73 Å². The van der Waals surface area contributed by atoms with Crippen molar-refractivity contribution in [3.63, 3.8) is 0 Å². The van der Waals surface area contributed by atoms with Gasteiger partial charge in [-0.05, 0) is 89.3 Å². The van der Waals surface area contributed by atoms with Crippen molar-refractivity contribution in [1.82, 2.24) is 15.3 Å². The van der Waals surface area contributed by atoms with Gasteiger partial charge in [0.25, 0.3) is 0 Å². The number of para-hydroxylation sites is 1. The Morgan fingerprint density at radius 3 is 2.76 bits per heavy atom. The minimum absolute atomic E-state index is 0.0799. The molecule has 0 amide bonds. The lowest BCUT2D eigenvalue weighted by Gasteiger charge is -2.11. The number of nitrogens with one attached hydrogen (secondary N) is 3. The van der Waals surface area contributed by atoms with Crippen LogP contribution in [0.15, 0.2) is 52.9 Å². The molecule has 4 heterocycles. The van der Waals surface area contributed by atoms with Crippen molar-refractivity contribution >= 4 is 22.7 Å². The van der Waals surface area contributed by atoms with Crippen LogP contribution in [-0.2, 0) is 11.2 Å². The number of aromatic nitrogens is 2. The molecule has 1 atom stereocenters. The monoisotopic (exact) mass is 442 g/mol. The van der Waals surface area contributed by atoms with Crippen LogP contribution in [0, 0.1) is 13.8 Å². The molecular weight excluding hydrogens is 408 g/mol. The van der Waals surface area contributed by atoms with Crippen LogP contribution < -0.4 is 5.32 Å². The molecular formula is C28H34N4O. The molecule has 5 heteroatoms. The van der Waals surface area contributed by atoms with Crippen LogP contribution in [-0.4, -0.2) is 34.4 Å². The fourth-order valence-corrected chi connectivity index (χ4v) is 5.03. The highest BCUT2D eigenvalue weighted by Crippen LogP contribution is 2.31. The quantitative estimate of drug-likeness (QED) is 0.423. The summed E-state index contributed by atoms with van der Waals surface area (Å²) in [7, 11) is 0. The second kappa shape index (κ2) is 9.06. The molecule has 33 heavy (non-hydrogen) atoms. The minimum atomic E-state index is 0.0799.